The first-order chi connectivity index (χ1) is 9.52. The number of aryl methyl sites for hydroxylation is 1. The molecule has 1 unspecified atom stereocenters. The molecule has 0 spiro atoms. The van der Waals surface area contributed by atoms with Crippen molar-refractivity contribution in [2.45, 2.75) is 32.6 Å². The molecular formula is C15H21NO3S. The molecule has 1 aromatic carbocycles. The summed E-state index contributed by atoms with van der Waals surface area (Å²) in [7, 11) is 0. The van der Waals surface area contributed by atoms with Crippen LogP contribution in [0.5, 0.6) is 0 Å². The van der Waals surface area contributed by atoms with E-state index in [-0.39, 0.29) is 22.9 Å². The van der Waals surface area contributed by atoms with Crippen LogP contribution in [0.2, 0.25) is 0 Å². The van der Waals surface area contributed by atoms with Crippen LogP contribution in [0.15, 0.2) is 24.3 Å². The predicted octanol–water partition coefficient (Wildman–Crippen LogP) is 2.30. The summed E-state index contributed by atoms with van der Waals surface area (Å²) in [5, 5.41) is 2.59. The number of amides is 1. The van der Waals surface area contributed by atoms with E-state index < -0.39 is 0 Å². The molecule has 1 N–H and O–H groups in total. The Balaban J connectivity index is 2.31. The molecule has 4 nitrogen and oxygen atoms in total. The van der Waals surface area contributed by atoms with Crippen LogP contribution in [0.25, 0.3) is 0 Å². The first-order valence-electron chi connectivity index (χ1n) is 6.63. The van der Waals surface area contributed by atoms with E-state index in [1.807, 2.05) is 31.2 Å². The third kappa shape index (κ3) is 6.10. The number of benzene rings is 1. The lowest BCUT2D eigenvalue weighted by Crippen LogP contribution is -2.31. The van der Waals surface area contributed by atoms with Gasteiger partial charge in [-0.2, -0.15) is 0 Å². The molecule has 0 aliphatic carbocycles. The minimum absolute atomic E-state index is 0.0696. The molecule has 0 heterocycles. The Kier molecular flexibility index (Phi) is 7.15. The highest BCUT2D eigenvalue weighted by molar-refractivity contribution is 8.01. The molecule has 1 atom stereocenters. The molecule has 0 radical (unpaired) electrons. The molecule has 5 heteroatoms. The van der Waals surface area contributed by atoms with Crippen LogP contribution in [-0.4, -0.2) is 29.5 Å². The van der Waals surface area contributed by atoms with Crippen molar-refractivity contribution in [2.24, 2.45) is 0 Å². The Bertz CT molecular complexity index is 445. The molecule has 0 saturated heterocycles. The molecule has 1 aromatic rings. The van der Waals surface area contributed by atoms with Gasteiger partial charge in [0.2, 0.25) is 5.91 Å². The number of esters is 1. The molecule has 0 aromatic heterocycles. The first-order valence-corrected chi connectivity index (χ1v) is 7.68. The maximum absolute atomic E-state index is 11.9. The van der Waals surface area contributed by atoms with Gasteiger partial charge in [0.15, 0.2) is 0 Å². The lowest BCUT2D eigenvalue weighted by atomic mass is 10.1. The number of carbonyl (C=O) groups is 2. The lowest BCUT2D eigenvalue weighted by molar-refractivity contribution is -0.139. The van der Waals surface area contributed by atoms with Gasteiger partial charge in [-0.05, 0) is 26.3 Å². The van der Waals surface area contributed by atoms with E-state index >= 15 is 0 Å². The van der Waals surface area contributed by atoms with Gasteiger partial charge in [0, 0.05) is 6.54 Å². The van der Waals surface area contributed by atoms with Crippen LogP contribution in [-0.2, 0) is 20.9 Å². The zero-order valence-corrected chi connectivity index (χ0v) is 13.0. The summed E-state index contributed by atoms with van der Waals surface area (Å²) < 4.78 is 4.82. The van der Waals surface area contributed by atoms with E-state index in [0.29, 0.717) is 13.2 Å². The van der Waals surface area contributed by atoms with Crippen LogP contribution in [0.3, 0.4) is 0 Å². The quantitative estimate of drug-likeness (QED) is 0.784. The smallest absolute Gasteiger partial charge is 0.315 e. The number of hydrogen-bond acceptors (Lipinski definition) is 4. The largest absolute Gasteiger partial charge is 0.465 e. The average molecular weight is 295 g/mol. The van der Waals surface area contributed by atoms with Crippen LogP contribution < -0.4 is 5.32 Å². The average Bonchev–Trinajstić information content (AvgIpc) is 2.44. The second-order valence-corrected chi connectivity index (χ2v) is 5.79. The monoisotopic (exact) mass is 295 g/mol. The molecule has 1 rings (SSSR count). The standard InChI is InChI=1S/C15H21NO3S/c1-4-19-14(17)10-20-12(3)15(18)16-9-13-7-5-11(2)6-8-13/h5-8,12H,4,9-10H2,1-3H3,(H,16,18). The summed E-state index contributed by atoms with van der Waals surface area (Å²) in [5.74, 6) is -0.150. The molecule has 0 saturated carbocycles. The summed E-state index contributed by atoms with van der Waals surface area (Å²) in [5.41, 5.74) is 2.25. The van der Waals surface area contributed by atoms with E-state index in [4.69, 9.17) is 4.74 Å². The van der Waals surface area contributed by atoms with Gasteiger partial charge in [-0.1, -0.05) is 29.8 Å². The maximum Gasteiger partial charge on any atom is 0.315 e. The van der Waals surface area contributed by atoms with Gasteiger partial charge in [-0.15, -0.1) is 11.8 Å². The van der Waals surface area contributed by atoms with Crippen molar-refractivity contribution >= 4 is 23.6 Å². The number of nitrogens with one attached hydrogen (secondary N) is 1. The van der Waals surface area contributed by atoms with E-state index in [9.17, 15) is 9.59 Å². The van der Waals surface area contributed by atoms with Crippen molar-refractivity contribution in [3.8, 4) is 0 Å². The Morgan fingerprint density at radius 3 is 2.55 bits per heavy atom. The SMILES string of the molecule is CCOC(=O)CSC(C)C(=O)NCc1ccc(C)cc1. The van der Waals surface area contributed by atoms with Gasteiger partial charge in [-0.3, -0.25) is 9.59 Å². The predicted molar refractivity (Wildman–Crippen MR) is 81.6 cm³/mol. The number of thioether (sulfide) groups is 1. The minimum atomic E-state index is -0.282. The van der Waals surface area contributed by atoms with E-state index in [0.717, 1.165) is 5.56 Å². The maximum atomic E-state index is 11.9. The highest BCUT2D eigenvalue weighted by Gasteiger charge is 2.15. The van der Waals surface area contributed by atoms with Crippen molar-refractivity contribution < 1.29 is 14.3 Å². The highest BCUT2D eigenvalue weighted by Crippen LogP contribution is 2.11. The van der Waals surface area contributed by atoms with Crippen molar-refractivity contribution in [3.63, 3.8) is 0 Å². The zero-order chi connectivity index (χ0) is 15.0. The molecular weight excluding hydrogens is 274 g/mol. The summed E-state index contributed by atoms with van der Waals surface area (Å²) in [6.45, 7) is 6.45. The third-order valence-electron chi connectivity index (χ3n) is 2.71. The van der Waals surface area contributed by atoms with Crippen molar-refractivity contribution in [3.05, 3.63) is 35.4 Å². The lowest BCUT2D eigenvalue weighted by Gasteiger charge is -2.11. The molecule has 1 amide bonds. The number of carbonyl (C=O) groups excluding carboxylic acids is 2. The second kappa shape index (κ2) is 8.64. The summed E-state index contributed by atoms with van der Waals surface area (Å²) >= 11 is 1.28. The minimum Gasteiger partial charge on any atom is -0.465 e. The Morgan fingerprint density at radius 2 is 1.95 bits per heavy atom. The second-order valence-electron chi connectivity index (χ2n) is 4.46. The number of rotatable bonds is 7. The molecule has 0 aliphatic heterocycles. The topological polar surface area (TPSA) is 55.4 Å². The van der Waals surface area contributed by atoms with E-state index in [2.05, 4.69) is 5.32 Å². The van der Waals surface area contributed by atoms with Gasteiger partial charge in [-0.25, -0.2) is 0 Å². The summed E-state index contributed by atoms with van der Waals surface area (Å²) in [6, 6.07) is 8.01. The highest BCUT2D eigenvalue weighted by atomic mass is 32.2. The van der Waals surface area contributed by atoms with Gasteiger partial charge >= 0.3 is 5.97 Å². The number of ether oxygens (including phenoxy) is 1. The Hall–Kier alpha value is -1.49. The number of hydrogen-bond donors (Lipinski definition) is 1. The van der Waals surface area contributed by atoms with Crippen molar-refractivity contribution in [1.82, 2.24) is 5.32 Å². The Morgan fingerprint density at radius 1 is 1.30 bits per heavy atom. The van der Waals surface area contributed by atoms with Crippen LogP contribution >= 0.6 is 11.8 Å². The van der Waals surface area contributed by atoms with Gasteiger partial charge in [0.25, 0.3) is 0 Å². The van der Waals surface area contributed by atoms with Gasteiger partial charge < -0.3 is 10.1 Å². The van der Waals surface area contributed by atoms with Crippen LogP contribution in [0, 0.1) is 6.92 Å². The summed E-state index contributed by atoms with van der Waals surface area (Å²) in [6.07, 6.45) is 0. The fourth-order valence-corrected chi connectivity index (χ4v) is 2.21. The first kappa shape index (κ1) is 16.6. The van der Waals surface area contributed by atoms with Crippen molar-refractivity contribution in [2.75, 3.05) is 12.4 Å². The normalized spacial score (nSPS) is 11.8. The fraction of sp³-hybridized carbons (Fsp3) is 0.467. The van der Waals surface area contributed by atoms with Crippen LogP contribution in [0.4, 0.5) is 0 Å². The Labute approximate surface area is 124 Å². The van der Waals surface area contributed by atoms with Gasteiger partial charge in [0.05, 0.1) is 17.6 Å². The third-order valence-corrected chi connectivity index (χ3v) is 3.83. The van der Waals surface area contributed by atoms with E-state index in [1.165, 1.54) is 17.3 Å². The summed E-state index contributed by atoms with van der Waals surface area (Å²) in [4.78, 5) is 23.1. The van der Waals surface area contributed by atoms with Crippen LogP contribution in [0.1, 0.15) is 25.0 Å². The molecule has 0 bridgehead atoms. The fourth-order valence-electron chi connectivity index (χ4n) is 1.51. The molecule has 0 aliphatic rings. The van der Waals surface area contributed by atoms with Crippen molar-refractivity contribution in [1.29, 1.82) is 0 Å². The molecule has 0 fully saturated rings. The zero-order valence-electron chi connectivity index (χ0n) is 12.1. The van der Waals surface area contributed by atoms with E-state index in [1.54, 1.807) is 13.8 Å². The molecule has 20 heavy (non-hydrogen) atoms. The van der Waals surface area contributed by atoms with Gasteiger partial charge in [0.1, 0.15) is 0 Å². The molecule has 110 valence electrons.